The maximum Gasteiger partial charge on any atom is 0.243 e. The Morgan fingerprint density at radius 1 is 1.16 bits per heavy atom. The third-order valence-corrected chi connectivity index (χ3v) is 8.34. The van der Waals surface area contributed by atoms with E-state index in [1.807, 2.05) is 20.9 Å². The van der Waals surface area contributed by atoms with E-state index in [9.17, 15) is 8.42 Å². The molecule has 0 saturated carbocycles. The van der Waals surface area contributed by atoms with Crippen LogP contribution in [0, 0.1) is 13.8 Å². The molecule has 1 fully saturated rings. The average molecular weight is 446 g/mol. The molecule has 0 spiro atoms. The van der Waals surface area contributed by atoms with Crippen molar-refractivity contribution in [3.63, 3.8) is 0 Å². The summed E-state index contributed by atoms with van der Waals surface area (Å²) >= 11 is 0. The molecule has 3 heterocycles. The van der Waals surface area contributed by atoms with Crippen molar-refractivity contribution in [1.29, 1.82) is 0 Å². The van der Waals surface area contributed by atoms with E-state index in [0.717, 1.165) is 54.4 Å². The Bertz CT molecular complexity index is 1090. The van der Waals surface area contributed by atoms with Crippen molar-refractivity contribution in [1.82, 2.24) is 19.2 Å². The quantitative estimate of drug-likeness (QED) is 0.756. The second-order valence-electron chi connectivity index (χ2n) is 8.53. The van der Waals surface area contributed by atoms with Gasteiger partial charge in [0.15, 0.2) is 0 Å². The Balaban J connectivity index is 1.61. The number of anilines is 1. The molecular weight excluding hydrogens is 414 g/mol. The lowest BCUT2D eigenvalue weighted by Crippen LogP contribution is -2.30. The van der Waals surface area contributed by atoms with Crippen molar-refractivity contribution in [2.75, 3.05) is 46.2 Å². The fourth-order valence-corrected chi connectivity index (χ4v) is 6.31. The Kier molecular flexibility index (Phi) is 5.93. The summed E-state index contributed by atoms with van der Waals surface area (Å²) in [5, 5.41) is 3.21. The molecule has 0 bridgehead atoms. The molecule has 1 aromatic carbocycles. The molecule has 1 N–H and O–H groups in total. The van der Waals surface area contributed by atoms with Gasteiger partial charge in [-0.25, -0.2) is 18.4 Å². The number of fused-ring (bicyclic) bond motifs is 1. The van der Waals surface area contributed by atoms with Crippen LogP contribution >= 0.6 is 0 Å². The number of aromatic nitrogens is 2. The number of ether oxygens (including phenoxy) is 1. The number of hydrogen-bond donors (Lipinski definition) is 1. The van der Waals surface area contributed by atoms with Crippen LogP contribution in [0.5, 0.6) is 5.75 Å². The van der Waals surface area contributed by atoms with Crippen LogP contribution in [0.15, 0.2) is 17.0 Å². The lowest BCUT2D eigenvalue weighted by molar-refractivity contribution is 0.309. The average Bonchev–Trinajstić information content (AvgIpc) is 3.25. The van der Waals surface area contributed by atoms with E-state index in [-0.39, 0.29) is 5.92 Å². The molecule has 1 aromatic heterocycles. The summed E-state index contributed by atoms with van der Waals surface area (Å²) in [6, 6.07) is 3.50. The highest BCUT2D eigenvalue weighted by Gasteiger charge is 2.36. The predicted octanol–water partition coefficient (Wildman–Crippen LogP) is 2.31. The number of benzene rings is 1. The van der Waals surface area contributed by atoms with E-state index >= 15 is 0 Å². The first-order valence-electron chi connectivity index (χ1n) is 10.7. The van der Waals surface area contributed by atoms with Gasteiger partial charge in [-0.1, -0.05) is 0 Å². The van der Waals surface area contributed by atoms with Crippen LogP contribution in [0.25, 0.3) is 0 Å². The van der Waals surface area contributed by atoms with E-state index in [4.69, 9.17) is 14.7 Å². The first kappa shape index (κ1) is 22.0. The van der Waals surface area contributed by atoms with Gasteiger partial charge in [0.25, 0.3) is 0 Å². The number of aryl methyl sites for hydroxylation is 2. The van der Waals surface area contributed by atoms with Gasteiger partial charge in [0.1, 0.15) is 17.4 Å². The summed E-state index contributed by atoms with van der Waals surface area (Å²) in [7, 11) is 1.97. The smallest absolute Gasteiger partial charge is 0.243 e. The number of rotatable bonds is 5. The topological polar surface area (TPSA) is 87.7 Å². The zero-order valence-electron chi connectivity index (χ0n) is 18.9. The molecule has 1 saturated heterocycles. The van der Waals surface area contributed by atoms with E-state index < -0.39 is 10.0 Å². The summed E-state index contributed by atoms with van der Waals surface area (Å²) in [4.78, 5) is 12.2. The van der Waals surface area contributed by atoms with Crippen LogP contribution in [0.2, 0.25) is 0 Å². The van der Waals surface area contributed by atoms with E-state index in [2.05, 4.69) is 17.3 Å². The Morgan fingerprint density at radius 2 is 1.94 bits per heavy atom. The van der Waals surface area contributed by atoms with Crippen molar-refractivity contribution >= 4 is 15.8 Å². The van der Waals surface area contributed by atoms with Crippen LogP contribution in [0.3, 0.4) is 0 Å². The normalized spacial score (nSPS) is 20.0. The number of nitrogens with zero attached hydrogens (tertiary/aromatic N) is 4. The zero-order chi connectivity index (χ0) is 22.3. The van der Waals surface area contributed by atoms with Crippen molar-refractivity contribution in [3.8, 4) is 5.75 Å². The van der Waals surface area contributed by atoms with Crippen LogP contribution in [0.1, 0.15) is 40.5 Å². The van der Waals surface area contributed by atoms with Gasteiger partial charge in [-0.05, 0) is 50.6 Å². The van der Waals surface area contributed by atoms with E-state index in [1.54, 1.807) is 23.5 Å². The molecule has 8 nitrogen and oxygen atoms in total. The standard InChI is InChI=1S/C22H31N5O3S/c1-14-11-20(15(2)10-19(14)30-5)31(28,29)27-9-6-16(12-27)21-24-18-7-8-26(4)13-17(18)22(23-3)25-21/h10-11,16H,6-9,12-13H2,1-5H3,(H,23,24,25). The summed E-state index contributed by atoms with van der Waals surface area (Å²) in [5.74, 6) is 2.29. The highest BCUT2D eigenvalue weighted by atomic mass is 32.2. The second-order valence-corrected chi connectivity index (χ2v) is 10.4. The van der Waals surface area contributed by atoms with Gasteiger partial charge in [-0.15, -0.1) is 0 Å². The van der Waals surface area contributed by atoms with Gasteiger partial charge in [0.05, 0.1) is 17.7 Å². The van der Waals surface area contributed by atoms with Crippen LogP contribution in [-0.2, 0) is 23.0 Å². The number of methoxy groups -OCH3 is 1. The SMILES string of the molecule is CNc1nc(C2CCN(S(=O)(=O)c3cc(C)c(OC)cc3C)C2)nc2c1CN(C)CC2. The maximum atomic E-state index is 13.4. The molecule has 2 aliphatic rings. The number of likely N-dealkylation sites (N-methyl/N-ethyl adjacent to an activating group) is 1. The van der Waals surface area contributed by atoms with Gasteiger partial charge in [-0.2, -0.15) is 4.31 Å². The van der Waals surface area contributed by atoms with Crippen molar-refractivity contribution < 1.29 is 13.2 Å². The highest BCUT2D eigenvalue weighted by molar-refractivity contribution is 7.89. The maximum absolute atomic E-state index is 13.4. The molecule has 0 radical (unpaired) electrons. The first-order valence-corrected chi connectivity index (χ1v) is 12.1. The van der Waals surface area contributed by atoms with E-state index in [1.165, 1.54) is 0 Å². The third-order valence-electron chi connectivity index (χ3n) is 6.33. The largest absolute Gasteiger partial charge is 0.496 e. The van der Waals surface area contributed by atoms with Crippen LogP contribution in [-0.4, -0.2) is 68.4 Å². The van der Waals surface area contributed by atoms with Crippen molar-refractivity contribution in [2.45, 2.75) is 44.0 Å². The van der Waals surface area contributed by atoms with Gasteiger partial charge in [-0.3, -0.25) is 0 Å². The fourth-order valence-electron chi connectivity index (χ4n) is 4.51. The fraction of sp³-hybridized carbons (Fsp3) is 0.545. The van der Waals surface area contributed by atoms with Gasteiger partial charge < -0.3 is 15.0 Å². The summed E-state index contributed by atoms with van der Waals surface area (Å²) in [6.07, 6.45) is 1.60. The molecule has 1 atom stereocenters. The molecular formula is C22H31N5O3S. The van der Waals surface area contributed by atoms with Crippen molar-refractivity contribution in [2.24, 2.45) is 0 Å². The molecule has 31 heavy (non-hydrogen) atoms. The van der Waals surface area contributed by atoms with E-state index in [0.29, 0.717) is 29.3 Å². The number of nitrogens with one attached hydrogen (secondary N) is 1. The van der Waals surface area contributed by atoms with Gasteiger partial charge in [0, 0.05) is 51.1 Å². The lowest BCUT2D eigenvalue weighted by Gasteiger charge is -2.26. The Hall–Kier alpha value is -2.23. The molecule has 0 aliphatic carbocycles. The van der Waals surface area contributed by atoms with Crippen LogP contribution < -0.4 is 10.1 Å². The molecule has 2 aromatic rings. The predicted molar refractivity (Wildman–Crippen MR) is 120 cm³/mol. The monoisotopic (exact) mass is 445 g/mol. The molecule has 0 amide bonds. The van der Waals surface area contributed by atoms with Crippen molar-refractivity contribution in [3.05, 3.63) is 40.3 Å². The summed E-state index contributed by atoms with van der Waals surface area (Å²) in [5.41, 5.74) is 3.73. The molecule has 1 unspecified atom stereocenters. The molecule has 2 aliphatic heterocycles. The third kappa shape index (κ3) is 4.02. The minimum atomic E-state index is -3.60. The Morgan fingerprint density at radius 3 is 2.65 bits per heavy atom. The van der Waals surface area contributed by atoms with Crippen LogP contribution in [0.4, 0.5) is 5.82 Å². The summed E-state index contributed by atoms with van der Waals surface area (Å²) in [6.45, 7) is 6.33. The highest BCUT2D eigenvalue weighted by Crippen LogP contribution is 2.34. The number of hydrogen-bond acceptors (Lipinski definition) is 7. The summed E-state index contributed by atoms with van der Waals surface area (Å²) < 4.78 is 33.7. The molecule has 4 rings (SSSR count). The van der Waals surface area contributed by atoms with Gasteiger partial charge in [0.2, 0.25) is 10.0 Å². The minimum Gasteiger partial charge on any atom is -0.496 e. The lowest BCUT2D eigenvalue weighted by atomic mass is 10.0. The Labute approximate surface area is 184 Å². The molecule has 168 valence electrons. The second kappa shape index (κ2) is 8.37. The molecule has 9 heteroatoms. The first-order chi connectivity index (χ1) is 14.7. The van der Waals surface area contributed by atoms with Gasteiger partial charge >= 0.3 is 0 Å². The zero-order valence-corrected chi connectivity index (χ0v) is 19.7. The minimum absolute atomic E-state index is 0.00789. The number of sulfonamides is 1.